The molecule has 1 aromatic heterocycles. The molecular formula is C10H6NO2-. The third-order valence-electron chi connectivity index (χ3n) is 1.83. The second kappa shape index (κ2) is 2.86. The highest BCUT2D eigenvalue weighted by Crippen LogP contribution is 2.11. The Morgan fingerprint density at radius 2 is 2.08 bits per heavy atom. The van der Waals surface area contributed by atoms with Gasteiger partial charge in [0.2, 0.25) is 0 Å². The standard InChI is InChI=1S/C10H7NO2/c12-10(13)8-5-7-3-1-2-4-9(7)11-6-8/h1-6H,(H,12,13)/p-1. The lowest BCUT2D eigenvalue weighted by Crippen LogP contribution is -2.22. The third kappa shape index (κ3) is 1.36. The molecule has 1 heterocycles. The second-order valence-corrected chi connectivity index (χ2v) is 2.70. The number of rotatable bonds is 1. The minimum atomic E-state index is -1.20. The van der Waals surface area contributed by atoms with Gasteiger partial charge in [-0.05, 0) is 12.1 Å². The van der Waals surface area contributed by atoms with Crippen LogP contribution in [0.5, 0.6) is 0 Å². The van der Waals surface area contributed by atoms with Gasteiger partial charge >= 0.3 is 0 Å². The summed E-state index contributed by atoms with van der Waals surface area (Å²) in [6.45, 7) is 0. The molecule has 0 aliphatic carbocycles. The van der Waals surface area contributed by atoms with Crippen LogP contribution in [-0.2, 0) is 0 Å². The zero-order chi connectivity index (χ0) is 9.26. The summed E-state index contributed by atoms with van der Waals surface area (Å²) in [5, 5.41) is 11.3. The lowest BCUT2D eigenvalue weighted by Gasteiger charge is -2.02. The predicted molar refractivity (Wildman–Crippen MR) is 46.1 cm³/mol. The summed E-state index contributed by atoms with van der Waals surface area (Å²) < 4.78 is 0. The maximum Gasteiger partial charge on any atom is 0.0731 e. The van der Waals surface area contributed by atoms with E-state index in [4.69, 9.17) is 0 Å². The van der Waals surface area contributed by atoms with Gasteiger partial charge in [0.1, 0.15) is 0 Å². The average molecular weight is 172 g/mol. The summed E-state index contributed by atoms with van der Waals surface area (Å²) in [4.78, 5) is 14.5. The number of hydrogen-bond donors (Lipinski definition) is 0. The summed E-state index contributed by atoms with van der Waals surface area (Å²) in [6.07, 6.45) is 1.30. The molecule has 3 heteroatoms. The fourth-order valence-electron chi connectivity index (χ4n) is 1.18. The van der Waals surface area contributed by atoms with Gasteiger partial charge in [-0.1, -0.05) is 18.2 Å². The molecule has 0 N–H and O–H groups in total. The Morgan fingerprint density at radius 1 is 1.31 bits per heavy atom. The highest BCUT2D eigenvalue weighted by molar-refractivity contribution is 5.91. The molecule has 0 saturated carbocycles. The maximum atomic E-state index is 10.5. The van der Waals surface area contributed by atoms with E-state index in [1.807, 2.05) is 24.3 Å². The fourth-order valence-corrected chi connectivity index (χ4v) is 1.18. The summed E-state index contributed by atoms with van der Waals surface area (Å²) in [5.41, 5.74) is 0.895. The third-order valence-corrected chi connectivity index (χ3v) is 1.83. The molecule has 2 rings (SSSR count). The summed E-state index contributed by atoms with van der Waals surface area (Å²) in [5.74, 6) is -1.20. The number of hydrogen-bond acceptors (Lipinski definition) is 3. The first-order valence-electron chi connectivity index (χ1n) is 3.83. The molecule has 0 aliphatic heterocycles. The first-order valence-corrected chi connectivity index (χ1v) is 3.83. The van der Waals surface area contributed by atoms with Gasteiger partial charge in [-0.2, -0.15) is 0 Å². The van der Waals surface area contributed by atoms with Crippen molar-refractivity contribution in [1.82, 2.24) is 4.98 Å². The van der Waals surface area contributed by atoms with Crippen molar-refractivity contribution in [1.29, 1.82) is 0 Å². The molecular weight excluding hydrogens is 166 g/mol. The molecule has 1 aromatic carbocycles. The summed E-state index contributed by atoms with van der Waals surface area (Å²) in [7, 11) is 0. The number of pyridine rings is 1. The number of para-hydroxylation sites is 1. The predicted octanol–water partition coefficient (Wildman–Crippen LogP) is 0.598. The van der Waals surface area contributed by atoms with Crippen molar-refractivity contribution in [3.05, 3.63) is 42.1 Å². The van der Waals surface area contributed by atoms with Crippen molar-refractivity contribution in [2.75, 3.05) is 0 Å². The van der Waals surface area contributed by atoms with Gasteiger partial charge in [0.05, 0.1) is 11.5 Å². The number of carboxylic acids is 1. The van der Waals surface area contributed by atoms with E-state index in [-0.39, 0.29) is 5.56 Å². The Bertz CT molecular complexity index is 465. The van der Waals surface area contributed by atoms with E-state index in [0.717, 1.165) is 10.9 Å². The Kier molecular flexibility index (Phi) is 1.70. The SMILES string of the molecule is O=C([O-])c1cnc2ccccc2c1. The van der Waals surface area contributed by atoms with Crippen LogP contribution >= 0.6 is 0 Å². The molecule has 3 nitrogen and oxygen atoms in total. The number of carbonyl (C=O) groups is 1. The van der Waals surface area contributed by atoms with Gasteiger partial charge in [0, 0.05) is 17.1 Å². The van der Waals surface area contributed by atoms with Crippen LogP contribution in [0.25, 0.3) is 10.9 Å². The molecule has 0 radical (unpaired) electrons. The minimum absolute atomic E-state index is 0.110. The van der Waals surface area contributed by atoms with Crippen molar-refractivity contribution in [3.8, 4) is 0 Å². The summed E-state index contributed by atoms with van der Waals surface area (Å²) >= 11 is 0. The number of benzene rings is 1. The maximum absolute atomic E-state index is 10.5. The Hall–Kier alpha value is -1.90. The van der Waals surface area contributed by atoms with Gasteiger partial charge < -0.3 is 9.90 Å². The molecule has 0 aliphatic rings. The van der Waals surface area contributed by atoms with Crippen molar-refractivity contribution < 1.29 is 9.90 Å². The van der Waals surface area contributed by atoms with Crippen molar-refractivity contribution in [3.63, 3.8) is 0 Å². The molecule has 0 saturated heterocycles. The van der Waals surface area contributed by atoms with E-state index in [9.17, 15) is 9.90 Å². The van der Waals surface area contributed by atoms with Gasteiger partial charge in [-0.25, -0.2) is 0 Å². The number of aromatic nitrogens is 1. The van der Waals surface area contributed by atoms with Crippen molar-refractivity contribution in [2.45, 2.75) is 0 Å². The largest absolute Gasteiger partial charge is 0.545 e. The van der Waals surface area contributed by atoms with E-state index < -0.39 is 5.97 Å². The van der Waals surface area contributed by atoms with Crippen molar-refractivity contribution >= 4 is 16.9 Å². The van der Waals surface area contributed by atoms with Gasteiger partial charge in [0.15, 0.2) is 0 Å². The number of carboxylic acid groups (broad SMARTS) is 1. The number of nitrogens with zero attached hydrogens (tertiary/aromatic N) is 1. The first-order chi connectivity index (χ1) is 6.27. The highest BCUT2D eigenvalue weighted by Gasteiger charge is 1.96. The first kappa shape index (κ1) is 7.73. The monoisotopic (exact) mass is 172 g/mol. The van der Waals surface area contributed by atoms with E-state index in [1.54, 1.807) is 6.07 Å². The number of aromatic carboxylic acids is 1. The van der Waals surface area contributed by atoms with Crippen LogP contribution in [0, 0.1) is 0 Å². The highest BCUT2D eigenvalue weighted by atomic mass is 16.4. The molecule has 0 atom stereocenters. The van der Waals surface area contributed by atoms with Crippen molar-refractivity contribution in [2.24, 2.45) is 0 Å². The summed E-state index contributed by atoms with van der Waals surface area (Å²) in [6, 6.07) is 8.89. The number of fused-ring (bicyclic) bond motifs is 1. The van der Waals surface area contributed by atoms with Gasteiger partial charge in [-0.15, -0.1) is 0 Å². The topological polar surface area (TPSA) is 53.0 Å². The fraction of sp³-hybridized carbons (Fsp3) is 0. The normalized spacial score (nSPS) is 10.2. The van der Waals surface area contributed by atoms with Gasteiger partial charge in [0.25, 0.3) is 0 Å². The second-order valence-electron chi connectivity index (χ2n) is 2.70. The zero-order valence-corrected chi connectivity index (χ0v) is 6.73. The molecule has 0 amide bonds. The van der Waals surface area contributed by atoms with Crippen LogP contribution in [0.2, 0.25) is 0 Å². The van der Waals surface area contributed by atoms with E-state index in [1.165, 1.54) is 6.20 Å². The van der Waals surface area contributed by atoms with E-state index in [2.05, 4.69) is 4.98 Å². The van der Waals surface area contributed by atoms with Crippen LogP contribution in [0.1, 0.15) is 10.4 Å². The van der Waals surface area contributed by atoms with Crippen LogP contribution in [0.4, 0.5) is 0 Å². The average Bonchev–Trinajstić information content (AvgIpc) is 2.17. The lowest BCUT2D eigenvalue weighted by atomic mass is 10.2. The molecule has 0 unspecified atom stereocenters. The molecule has 0 spiro atoms. The van der Waals surface area contributed by atoms with Crippen LogP contribution in [0.15, 0.2) is 36.5 Å². The smallest absolute Gasteiger partial charge is 0.0731 e. The van der Waals surface area contributed by atoms with Gasteiger partial charge in [-0.3, -0.25) is 4.98 Å². The van der Waals surface area contributed by atoms with Crippen LogP contribution < -0.4 is 5.11 Å². The molecule has 0 fully saturated rings. The zero-order valence-electron chi connectivity index (χ0n) is 6.73. The molecule has 2 aromatic rings. The number of carbonyl (C=O) groups excluding carboxylic acids is 1. The molecule has 13 heavy (non-hydrogen) atoms. The molecule has 0 bridgehead atoms. The lowest BCUT2D eigenvalue weighted by molar-refractivity contribution is -0.255. The quantitative estimate of drug-likeness (QED) is 0.632. The Morgan fingerprint density at radius 3 is 2.85 bits per heavy atom. The Balaban J connectivity index is 2.69. The van der Waals surface area contributed by atoms with Crippen LogP contribution in [-0.4, -0.2) is 11.0 Å². The van der Waals surface area contributed by atoms with Crippen LogP contribution in [0.3, 0.4) is 0 Å². The Labute approximate surface area is 74.7 Å². The molecule has 64 valence electrons. The minimum Gasteiger partial charge on any atom is -0.545 e. The van der Waals surface area contributed by atoms with E-state index in [0.29, 0.717) is 0 Å². The van der Waals surface area contributed by atoms with E-state index >= 15 is 0 Å².